The third-order valence-electron chi connectivity index (χ3n) is 12.6. The number of aryl methyl sites for hydroxylation is 1. The van der Waals surface area contributed by atoms with Gasteiger partial charge in [0.25, 0.3) is 11.5 Å². The lowest BCUT2D eigenvalue weighted by Gasteiger charge is -2.44. The van der Waals surface area contributed by atoms with Gasteiger partial charge in [-0.3, -0.25) is 28.7 Å². The smallest absolute Gasteiger partial charge is 0.358 e. The van der Waals surface area contributed by atoms with Gasteiger partial charge in [0.2, 0.25) is 18.1 Å². The number of hydrogen-bond donors (Lipinski definition) is 4. The predicted molar refractivity (Wildman–Crippen MR) is 245 cm³/mol. The first-order valence-electron chi connectivity index (χ1n) is 21.5. The summed E-state index contributed by atoms with van der Waals surface area (Å²) in [5, 5.41) is 4.56. The summed E-state index contributed by atoms with van der Waals surface area (Å²) in [5.41, 5.74) is 5.73. The van der Waals surface area contributed by atoms with Crippen molar-refractivity contribution in [3.63, 3.8) is 0 Å². The van der Waals surface area contributed by atoms with Crippen LogP contribution in [0.5, 0.6) is 5.75 Å². The summed E-state index contributed by atoms with van der Waals surface area (Å²) in [7, 11) is -4.06. The van der Waals surface area contributed by atoms with Crippen LogP contribution in [0.2, 0.25) is 36.3 Å². The molecule has 64 heavy (non-hydrogen) atoms. The summed E-state index contributed by atoms with van der Waals surface area (Å²) >= 11 is 5.63. The van der Waals surface area contributed by atoms with Crippen molar-refractivity contribution in [1.82, 2.24) is 20.2 Å². The third kappa shape index (κ3) is 12.0. The van der Waals surface area contributed by atoms with E-state index >= 15 is 0 Å². The molecule has 5 rings (SSSR count). The van der Waals surface area contributed by atoms with Gasteiger partial charge in [-0.2, -0.15) is 0 Å². The number of aromatic nitrogens is 2. The van der Waals surface area contributed by atoms with E-state index in [1.165, 1.54) is 19.4 Å². The number of thiocarbonyl (C=S) groups is 1. The third-order valence-corrected chi connectivity index (χ3v) is 21.8. The van der Waals surface area contributed by atoms with Crippen LogP contribution in [0.15, 0.2) is 58.0 Å². The van der Waals surface area contributed by atoms with E-state index in [1.807, 2.05) is 86.8 Å². The molecule has 4 heterocycles. The molecule has 3 amide bonds. The number of carbonyl (C=O) groups is 3. The number of rotatable bonds is 14. The molecular weight excluding hydrogens is 883 g/mol. The largest absolute Gasteiger partial charge is 0.455 e. The fourth-order valence-electron chi connectivity index (χ4n) is 6.87. The number of benzene rings is 1. The second kappa shape index (κ2) is 20.1. The SMILES string of the molecule is CO[C@H]1[C@@H](O[Si](C)(C)C(C)(C)C)[C@H](n2ccc(=O)[nH]c2=O)O[C@@H]1[C@H](O[C@H]1OC(C(=O)N[C@H]2CCCCNC2=O)=C[C@H](O[Si](C)(C)C(C)(C)C)[C@@H]1OC(=S)Oc1ccc(C)cc1)C(N)=O. The van der Waals surface area contributed by atoms with Crippen molar-refractivity contribution >= 4 is 51.8 Å². The summed E-state index contributed by atoms with van der Waals surface area (Å²) in [6.07, 6.45) is -6.19. The van der Waals surface area contributed by atoms with Crippen molar-refractivity contribution < 1.29 is 51.7 Å². The van der Waals surface area contributed by atoms with Crippen LogP contribution in [-0.4, -0.2) is 112 Å². The maximum absolute atomic E-state index is 14.2. The summed E-state index contributed by atoms with van der Waals surface area (Å²) < 4.78 is 52.7. The molecule has 3 aliphatic heterocycles. The molecule has 0 spiro atoms. The van der Waals surface area contributed by atoms with Crippen molar-refractivity contribution in [2.24, 2.45) is 5.73 Å². The van der Waals surface area contributed by atoms with Crippen LogP contribution in [0.25, 0.3) is 0 Å². The molecule has 2 fully saturated rings. The minimum atomic E-state index is -2.75. The van der Waals surface area contributed by atoms with E-state index in [-0.39, 0.29) is 27.0 Å². The summed E-state index contributed by atoms with van der Waals surface area (Å²) in [5.74, 6) is -2.04. The number of primary amides is 1. The molecule has 0 bridgehead atoms. The van der Waals surface area contributed by atoms with Gasteiger partial charge in [-0.15, -0.1) is 0 Å². The van der Waals surface area contributed by atoms with Gasteiger partial charge in [-0.05, 0) is 80.7 Å². The number of methoxy groups -OCH3 is 1. The maximum atomic E-state index is 14.2. The van der Waals surface area contributed by atoms with Crippen LogP contribution in [0.1, 0.15) is 72.6 Å². The molecule has 0 radical (unpaired) electrons. The van der Waals surface area contributed by atoms with E-state index in [9.17, 15) is 24.0 Å². The Morgan fingerprint density at radius 2 is 1.58 bits per heavy atom. The highest BCUT2D eigenvalue weighted by Crippen LogP contribution is 2.44. The molecule has 21 heteroatoms. The lowest BCUT2D eigenvalue weighted by Crippen LogP contribution is -2.58. The first-order valence-corrected chi connectivity index (χ1v) is 27.7. The molecule has 1 aromatic carbocycles. The average Bonchev–Trinajstić information content (AvgIpc) is 3.39. The first-order chi connectivity index (χ1) is 29.7. The molecule has 2 aromatic rings. The van der Waals surface area contributed by atoms with Crippen LogP contribution < -0.4 is 32.4 Å². The molecule has 1 aromatic heterocycles. The van der Waals surface area contributed by atoms with E-state index in [0.717, 1.165) is 22.6 Å². The predicted octanol–water partition coefficient (Wildman–Crippen LogP) is 4.18. The van der Waals surface area contributed by atoms with Crippen LogP contribution in [0, 0.1) is 6.92 Å². The highest BCUT2D eigenvalue weighted by atomic mass is 32.1. The first kappa shape index (κ1) is 50.8. The monoisotopic (exact) mass is 947 g/mol. The van der Waals surface area contributed by atoms with E-state index in [2.05, 4.69) is 15.6 Å². The number of hydrogen-bond acceptors (Lipinski definition) is 14. The zero-order chi connectivity index (χ0) is 47.5. The van der Waals surface area contributed by atoms with Gasteiger partial charge < -0.3 is 53.6 Å². The Labute approximate surface area is 381 Å². The minimum absolute atomic E-state index is 0.286. The number of aromatic amines is 1. The normalized spacial score (nSPS) is 26.1. The van der Waals surface area contributed by atoms with Crippen LogP contribution in [0.3, 0.4) is 0 Å². The standard InChI is InChI=1S/C43H65N5O13SSi2/c1-24-16-18-25(19-17-24)55-41(62)59-30-27(60-63(9,10)42(2,3)4)23-28(37(52)46-26-15-13-14-21-45-36(26)51)56-39(30)58-33(35(44)50)32-31(54-8)34(61-64(11,12)43(5,6)7)38(57-32)48-22-20-29(49)47-40(48)53/h16-20,22-23,26-27,30-34,38-39H,13-15,21H2,1-12H3,(H2,44,50)(H,45,51)(H,46,52)(H,47,49,53)/t26-,27-,30-,31+,32-,33-,34+,38+,39+/m0/s1. The Kier molecular flexibility index (Phi) is 16.0. The molecule has 0 unspecified atom stereocenters. The average molecular weight is 948 g/mol. The van der Waals surface area contributed by atoms with Gasteiger partial charge in [-0.1, -0.05) is 59.2 Å². The number of nitrogens with zero attached hydrogens (tertiary/aromatic N) is 1. The van der Waals surface area contributed by atoms with Gasteiger partial charge in [0.05, 0.1) is 0 Å². The van der Waals surface area contributed by atoms with E-state index in [0.29, 0.717) is 25.1 Å². The van der Waals surface area contributed by atoms with E-state index < -0.39 is 94.9 Å². The molecule has 3 aliphatic rings. The second-order valence-electron chi connectivity index (χ2n) is 19.4. The molecule has 5 N–H and O–H groups in total. The van der Waals surface area contributed by atoms with Gasteiger partial charge in [0.15, 0.2) is 40.8 Å². The summed E-state index contributed by atoms with van der Waals surface area (Å²) in [6.45, 7) is 22.6. The van der Waals surface area contributed by atoms with Crippen molar-refractivity contribution in [2.75, 3.05) is 13.7 Å². The van der Waals surface area contributed by atoms with Crippen molar-refractivity contribution in [1.29, 1.82) is 0 Å². The molecule has 0 saturated carbocycles. The van der Waals surface area contributed by atoms with Gasteiger partial charge >= 0.3 is 10.9 Å². The molecule has 9 atom stereocenters. The van der Waals surface area contributed by atoms with Crippen LogP contribution >= 0.6 is 12.2 Å². The molecule has 18 nitrogen and oxygen atoms in total. The van der Waals surface area contributed by atoms with Crippen molar-refractivity contribution in [3.05, 3.63) is 74.8 Å². The van der Waals surface area contributed by atoms with Crippen molar-refractivity contribution in [2.45, 2.75) is 159 Å². The molecule has 0 aliphatic carbocycles. The number of H-pyrrole nitrogens is 1. The Morgan fingerprint density at radius 3 is 2.17 bits per heavy atom. The molecule has 354 valence electrons. The number of nitrogens with two attached hydrogens (primary N) is 1. The van der Waals surface area contributed by atoms with Gasteiger partial charge in [-0.25, -0.2) is 4.79 Å². The van der Waals surface area contributed by atoms with Gasteiger partial charge in [0.1, 0.15) is 36.2 Å². The topological polar surface area (TPSA) is 230 Å². The maximum Gasteiger partial charge on any atom is 0.358 e. The number of carbonyl (C=O) groups excluding carboxylic acids is 3. The molecule has 2 saturated heterocycles. The second-order valence-corrected chi connectivity index (χ2v) is 29.3. The zero-order valence-electron chi connectivity index (χ0n) is 38.8. The highest BCUT2D eigenvalue weighted by molar-refractivity contribution is 7.79. The quantitative estimate of drug-likeness (QED) is 0.154. The fraction of sp³-hybridized carbons (Fsp3) is 0.628. The summed E-state index contributed by atoms with van der Waals surface area (Å²) in [6, 6.07) is 7.39. The van der Waals surface area contributed by atoms with Crippen LogP contribution in [-0.2, 0) is 46.9 Å². The number of ether oxygens (including phenoxy) is 6. The number of amides is 3. The Balaban J connectivity index is 1.61. The minimum Gasteiger partial charge on any atom is -0.455 e. The lowest BCUT2D eigenvalue weighted by atomic mass is 10.0. The number of nitrogens with one attached hydrogen (secondary N) is 3. The Bertz CT molecular complexity index is 2170. The Morgan fingerprint density at radius 1 is 0.938 bits per heavy atom. The van der Waals surface area contributed by atoms with Crippen molar-refractivity contribution in [3.8, 4) is 5.75 Å². The molecular formula is C43H65N5O13SSi2. The lowest BCUT2D eigenvalue weighted by molar-refractivity contribution is -0.238. The highest BCUT2D eigenvalue weighted by Gasteiger charge is 2.57. The summed E-state index contributed by atoms with van der Waals surface area (Å²) in [4.78, 5) is 68.7. The Hall–Kier alpha value is -4.23. The van der Waals surface area contributed by atoms with E-state index in [1.54, 1.807) is 12.1 Å². The van der Waals surface area contributed by atoms with E-state index in [4.69, 9.17) is 55.2 Å². The van der Waals surface area contributed by atoms with Gasteiger partial charge in [0, 0.05) is 38.1 Å². The fourth-order valence-corrected chi connectivity index (χ4v) is 9.60. The van der Waals surface area contributed by atoms with Crippen LogP contribution in [0.4, 0.5) is 0 Å². The zero-order valence-corrected chi connectivity index (χ0v) is 41.6.